The summed E-state index contributed by atoms with van der Waals surface area (Å²) in [6, 6.07) is 1.55. The molecule has 0 bridgehead atoms. The fraction of sp³-hybridized carbons (Fsp3) is 0.643. The molecule has 0 spiro atoms. The second kappa shape index (κ2) is 10.5. The summed E-state index contributed by atoms with van der Waals surface area (Å²) in [5, 5.41) is 6.41. The first kappa shape index (κ1) is 22.6. The molecule has 0 aromatic carbocycles. The van der Waals surface area contributed by atoms with Crippen LogP contribution in [0.5, 0.6) is 0 Å². The van der Waals surface area contributed by atoms with Crippen molar-refractivity contribution >= 4 is 42.4 Å². The highest BCUT2D eigenvalue weighted by atomic mass is 35.5. The molecule has 0 saturated carbocycles. The maximum Gasteiger partial charge on any atom is 0.239 e. The fourth-order valence-corrected chi connectivity index (χ4v) is 2.37. The minimum absolute atomic E-state index is 0. The molecule has 1 aromatic rings. The van der Waals surface area contributed by atoms with Crippen molar-refractivity contribution in [3.05, 3.63) is 11.8 Å². The Hall–Kier alpha value is -1.35. The van der Waals surface area contributed by atoms with Gasteiger partial charge in [0.15, 0.2) is 5.82 Å². The first-order valence-corrected chi connectivity index (χ1v) is 7.43. The molecule has 1 fully saturated rings. The number of aromatic nitrogens is 1. The number of nitrogens with two attached hydrogens (primary N) is 1. The van der Waals surface area contributed by atoms with E-state index in [0.717, 1.165) is 0 Å². The van der Waals surface area contributed by atoms with Gasteiger partial charge in [-0.1, -0.05) is 5.16 Å². The summed E-state index contributed by atoms with van der Waals surface area (Å²) in [6.45, 7) is 6.47. The number of nitrogens with one attached hydrogen (secondary N) is 1. The van der Waals surface area contributed by atoms with Crippen LogP contribution in [0.3, 0.4) is 0 Å². The van der Waals surface area contributed by atoms with E-state index in [9.17, 15) is 9.59 Å². The van der Waals surface area contributed by atoms with E-state index >= 15 is 0 Å². The molecular weight excluding hydrogens is 357 g/mol. The number of hydrogen-bond acceptors (Lipinski definition) is 6. The highest BCUT2D eigenvalue weighted by Crippen LogP contribution is 2.08. The van der Waals surface area contributed by atoms with Gasteiger partial charge < -0.3 is 20.5 Å². The third-order valence-corrected chi connectivity index (χ3v) is 3.48. The summed E-state index contributed by atoms with van der Waals surface area (Å²) in [7, 11) is 0. The Morgan fingerprint density at radius 1 is 1.33 bits per heavy atom. The van der Waals surface area contributed by atoms with Crippen LogP contribution in [0.4, 0.5) is 5.82 Å². The van der Waals surface area contributed by atoms with Crippen LogP contribution in [-0.2, 0) is 9.59 Å². The molecule has 3 N–H and O–H groups in total. The molecule has 0 aliphatic carbocycles. The van der Waals surface area contributed by atoms with Gasteiger partial charge in [0.2, 0.25) is 11.8 Å². The minimum atomic E-state index is -0.136. The molecule has 8 nitrogen and oxygen atoms in total. The molecule has 0 radical (unpaired) electrons. The third kappa shape index (κ3) is 7.04. The molecular formula is C14H25Cl2N5O3. The molecule has 2 amide bonds. The fourth-order valence-electron chi connectivity index (χ4n) is 2.37. The van der Waals surface area contributed by atoms with Crippen LogP contribution in [-0.4, -0.2) is 65.5 Å². The van der Waals surface area contributed by atoms with Gasteiger partial charge >= 0.3 is 0 Å². The van der Waals surface area contributed by atoms with Gasteiger partial charge in [0.1, 0.15) is 5.76 Å². The van der Waals surface area contributed by atoms with Gasteiger partial charge in [0.05, 0.1) is 6.54 Å². The topological polar surface area (TPSA) is 105 Å². The number of carbonyl (C=O) groups excluding carboxylic acids is 2. The molecule has 24 heavy (non-hydrogen) atoms. The largest absolute Gasteiger partial charge is 0.360 e. The first-order chi connectivity index (χ1) is 10.4. The maximum absolute atomic E-state index is 11.9. The van der Waals surface area contributed by atoms with Crippen molar-refractivity contribution in [3.63, 3.8) is 0 Å². The van der Waals surface area contributed by atoms with Gasteiger partial charge in [-0.05, 0) is 13.8 Å². The van der Waals surface area contributed by atoms with Crippen LogP contribution in [0.15, 0.2) is 10.6 Å². The minimum Gasteiger partial charge on any atom is -0.360 e. The molecule has 10 heteroatoms. The predicted octanol–water partition coefficient (Wildman–Crippen LogP) is 0.647. The quantitative estimate of drug-likeness (QED) is 0.775. The van der Waals surface area contributed by atoms with E-state index in [1.165, 1.54) is 0 Å². The van der Waals surface area contributed by atoms with Crippen molar-refractivity contribution in [2.24, 2.45) is 5.73 Å². The monoisotopic (exact) mass is 381 g/mol. The predicted molar refractivity (Wildman–Crippen MR) is 95.7 cm³/mol. The van der Waals surface area contributed by atoms with E-state index in [1.54, 1.807) is 17.9 Å². The van der Waals surface area contributed by atoms with Gasteiger partial charge in [0.25, 0.3) is 0 Å². The average Bonchev–Trinajstić information content (AvgIpc) is 2.83. The number of aryl methyl sites for hydroxylation is 1. The number of hydrogen-bond donors (Lipinski definition) is 2. The molecule has 1 atom stereocenters. The summed E-state index contributed by atoms with van der Waals surface area (Å²) in [5.74, 6) is 1.02. The zero-order valence-corrected chi connectivity index (χ0v) is 15.5. The second-order valence-corrected chi connectivity index (χ2v) is 5.71. The number of piperazine rings is 1. The standard InChI is InChI=1S/C14H23N5O3.2ClH/c1-10(15)7-14(21)19-5-3-18(4-6-19)9-13(20)16-12-8-11(2)22-17-12;;/h8,10H,3-7,9,15H2,1-2H3,(H,16,17,20);2*1H. The maximum atomic E-state index is 11.9. The van der Waals surface area contributed by atoms with Gasteiger partial charge in [-0.25, -0.2) is 0 Å². The highest BCUT2D eigenvalue weighted by molar-refractivity contribution is 5.91. The Labute approximate surface area is 153 Å². The Morgan fingerprint density at radius 2 is 1.96 bits per heavy atom. The first-order valence-electron chi connectivity index (χ1n) is 7.43. The average molecular weight is 382 g/mol. The molecule has 138 valence electrons. The van der Waals surface area contributed by atoms with E-state index < -0.39 is 0 Å². The van der Waals surface area contributed by atoms with Crippen molar-refractivity contribution in [1.82, 2.24) is 15.0 Å². The molecule has 1 saturated heterocycles. The number of anilines is 1. The smallest absolute Gasteiger partial charge is 0.239 e. The van der Waals surface area contributed by atoms with E-state index in [1.807, 2.05) is 11.8 Å². The third-order valence-electron chi connectivity index (χ3n) is 3.48. The summed E-state index contributed by atoms with van der Waals surface area (Å²) in [4.78, 5) is 27.6. The van der Waals surface area contributed by atoms with Crippen molar-refractivity contribution in [3.8, 4) is 0 Å². The van der Waals surface area contributed by atoms with Gasteiger partial charge in [-0.15, -0.1) is 24.8 Å². The molecule has 1 unspecified atom stereocenters. The Bertz CT molecular complexity index is 530. The van der Waals surface area contributed by atoms with Crippen LogP contribution in [0.25, 0.3) is 0 Å². The van der Waals surface area contributed by atoms with Crippen LogP contribution in [0, 0.1) is 6.92 Å². The lowest BCUT2D eigenvalue weighted by atomic mass is 10.2. The molecule has 1 aromatic heterocycles. The molecule has 1 aliphatic heterocycles. The lowest BCUT2D eigenvalue weighted by Gasteiger charge is -2.34. The number of carbonyl (C=O) groups is 2. The van der Waals surface area contributed by atoms with Crippen LogP contribution >= 0.6 is 24.8 Å². The van der Waals surface area contributed by atoms with E-state index in [0.29, 0.717) is 44.2 Å². The lowest BCUT2D eigenvalue weighted by molar-refractivity contribution is -0.133. The SMILES string of the molecule is Cc1cc(NC(=O)CN2CCN(C(=O)CC(C)N)CC2)no1.Cl.Cl. The second-order valence-electron chi connectivity index (χ2n) is 5.71. The Morgan fingerprint density at radius 3 is 2.46 bits per heavy atom. The molecule has 2 rings (SSSR count). The zero-order chi connectivity index (χ0) is 16.1. The van der Waals surface area contributed by atoms with Crippen molar-refractivity contribution < 1.29 is 14.1 Å². The highest BCUT2D eigenvalue weighted by Gasteiger charge is 2.23. The molecule has 2 heterocycles. The van der Waals surface area contributed by atoms with E-state index in [-0.39, 0.29) is 49.2 Å². The van der Waals surface area contributed by atoms with E-state index in [4.69, 9.17) is 10.3 Å². The summed E-state index contributed by atoms with van der Waals surface area (Å²) in [6.07, 6.45) is 0.367. The van der Waals surface area contributed by atoms with Gasteiger partial charge in [-0.2, -0.15) is 0 Å². The van der Waals surface area contributed by atoms with Crippen LogP contribution in [0.1, 0.15) is 19.1 Å². The van der Waals surface area contributed by atoms with Crippen LogP contribution in [0.2, 0.25) is 0 Å². The Balaban J connectivity index is 0.00000264. The number of nitrogens with zero attached hydrogens (tertiary/aromatic N) is 3. The number of amides is 2. The van der Waals surface area contributed by atoms with Crippen molar-refractivity contribution in [2.45, 2.75) is 26.3 Å². The van der Waals surface area contributed by atoms with Gasteiger partial charge in [0, 0.05) is 44.7 Å². The summed E-state index contributed by atoms with van der Waals surface area (Å²) < 4.78 is 4.89. The lowest BCUT2D eigenvalue weighted by Crippen LogP contribution is -2.51. The number of halogens is 2. The normalized spacial score (nSPS) is 15.9. The van der Waals surface area contributed by atoms with Crippen molar-refractivity contribution in [2.75, 3.05) is 38.0 Å². The Kier molecular flexibility index (Phi) is 9.91. The van der Waals surface area contributed by atoms with Gasteiger partial charge in [-0.3, -0.25) is 14.5 Å². The molecule has 1 aliphatic rings. The van der Waals surface area contributed by atoms with Crippen molar-refractivity contribution in [1.29, 1.82) is 0 Å². The number of rotatable bonds is 5. The summed E-state index contributed by atoms with van der Waals surface area (Å²) >= 11 is 0. The van der Waals surface area contributed by atoms with Crippen LogP contribution < -0.4 is 11.1 Å². The summed E-state index contributed by atoms with van der Waals surface area (Å²) in [5.41, 5.74) is 5.64. The zero-order valence-electron chi connectivity index (χ0n) is 13.9. The van der Waals surface area contributed by atoms with E-state index in [2.05, 4.69) is 10.5 Å².